The molecule has 1 saturated heterocycles. The van der Waals surface area contributed by atoms with Gasteiger partial charge in [-0.05, 0) is 36.4 Å². The smallest absolute Gasteiger partial charge is 0.228 e. The summed E-state index contributed by atoms with van der Waals surface area (Å²) in [5, 5.41) is 0. The number of halogens is 2. The minimum atomic E-state index is -0.723. The Morgan fingerprint density at radius 3 is 2.87 bits per heavy atom. The second-order valence-electron chi connectivity index (χ2n) is 7.09. The molecule has 3 aromatic rings. The molecule has 0 bridgehead atoms. The largest absolute Gasteiger partial charge is 0.487 e. The van der Waals surface area contributed by atoms with E-state index < -0.39 is 11.6 Å². The van der Waals surface area contributed by atoms with Gasteiger partial charge in [0.05, 0.1) is 36.2 Å². The fourth-order valence-corrected chi connectivity index (χ4v) is 3.42. The summed E-state index contributed by atoms with van der Waals surface area (Å²) >= 11 is 0. The zero-order valence-electron chi connectivity index (χ0n) is 16.1. The van der Waals surface area contributed by atoms with Gasteiger partial charge in [0.15, 0.2) is 0 Å². The Morgan fingerprint density at radius 1 is 1.23 bits per heavy atom. The summed E-state index contributed by atoms with van der Waals surface area (Å²) in [5.41, 5.74) is 7.14. The van der Waals surface area contributed by atoms with E-state index in [1.807, 2.05) is 6.07 Å². The van der Waals surface area contributed by atoms with Gasteiger partial charge in [-0.3, -0.25) is 14.8 Å². The van der Waals surface area contributed by atoms with Crippen LogP contribution < -0.4 is 10.5 Å². The molecule has 2 aromatic heterocycles. The van der Waals surface area contributed by atoms with Crippen molar-refractivity contribution in [2.75, 3.05) is 18.8 Å². The summed E-state index contributed by atoms with van der Waals surface area (Å²) in [5.74, 6) is -0.862. The molecule has 0 spiro atoms. The Balaban J connectivity index is 1.44. The highest BCUT2D eigenvalue weighted by molar-refractivity contribution is 5.80. The van der Waals surface area contributed by atoms with Crippen molar-refractivity contribution < 1.29 is 18.3 Å². The van der Waals surface area contributed by atoms with Gasteiger partial charge in [0.1, 0.15) is 23.5 Å². The molecule has 1 aliphatic heterocycles. The van der Waals surface area contributed by atoms with E-state index in [4.69, 9.17) is 10.5 Å². The molecule has 0 saturated carbocycles. The Kier molecular flexibility index (Phi) is 5.56. The third kappa shape index (κ3) is 4.37. The zero-order valence-corrected chi connectivity index (χ0v) is 16.1. The standard InChI is InChI=1S/C22H20F2N4O2/c23-14-3-4-17(18(24)10-14)20-6-5-19(25)21(27-20)11-22(29)28-9-7-16(13-28)30-15-2-1-8-26-12-15/h1-6,8,10,12,16H,7,9,11,13,25H2/t16-/m0/s1. The molecule has 0 radical (unpaired) electrons. The number of ether oxygens (including phenoxy) is 1. The first kappa shape index (κ1) is 19.8. The number of anilines is 1. The Labute approximate surface area is 172 Å². The lowest BCUT2D eigenvalue weighted by molar-refractivity contribution is -0.129. The minimum absolute atomic E-state index is 0.0118. The lowest BCUT2D eigenvalue weighted by atomic mass is 10.1. The van der Waals surface area contributed by atoms with E-state index in [9.17, 15) is 13.6 Å². The van der Waals surface area contributed by atoms with E-state index in [1.165, 1.54) is 6.07 Å². The maximum Gasteiger partial charge on any atom is 0.228 e. The molecule has 0 aliphatic carbocycles. The quantitative estimate of drug-likeness (QED) is 0.699. The van der Waals surface area contributed by atoms with Gasteiger partial charge >= 0.3 is 0 Å². The lowest BCUT2D eigenvalue weighted by Crippen LogP contribution is -2.32. The first-order valence-electron chi connectivity index (χ1n) is 9.55. The highest BCUT2D eigenvalue weighted by Gasteiger charge is 2.28. The first-order valence-corrected chi connectivity index (χ1v) is 9.55. The van der Waals surface area contributed by atoms with Crippen LogP contribution in [0.1, 0.15) is 12.1 Å². The predicted molar refractivity (Wildman–Crippen MR) is 108 cm³/mol. The van der Waals surface area contributed by atoms with Crippen LogP contribution in [0.25, 0.3) is 11.3 Å². The number of hydrogen-bond acceptors (Lipinski definition) is 5. The van der Waals surface area contributed by atoms with Gasteiger partial charge in [-0.1, -0.05) is 0 Å². The van der Waals surface area contributed by atoms with Crippen molar-refractivity contribution in [3.8, 4) is 17.0 Å². The van der Waals surface area contributed by atoms with Crippen LogP contribution in [-0.2, 0) is 11.2 Å². The summed E-state index contributed by atoms with van der Waals surface area (Å²) in [6, 6.07) is 10.0. The van der Waals surface area contributed by atoms with Crippen LogP contribution in [0.2, 0.25) is 0 Å². The number of amides is 1. The van der Waals surface area contributed by atoms with Gasteiger partial charge in [0.25, 0.3) is 0 Å². The maximum atomic E-state index is 14.1. The molecule has 1 atom stereocenters. The summed E-state index contributed by atoms with van der Waals surface area (Å²) in [7, 11) is 0. The highest BCUT2D eigenvalue weighted by Crippen LogP contribution is 2.25. The molecule has 4 rings (SSSR count). The molecule has 3 heterocycles. The summed E-state index contributed by atoms with van der Waals surface area (Å²) < 4.78 is 33.1. The highest BCUT2D eigenvalue weighted by atomic mass is 19.1. The lowest BCUT2D eigenvalue weighted by Gasteiger charge is -2.18. The molecular weight excluding hydrogens is 390 g/mol. The molecule has 154 valence electrons. The topological polar surface area (TPSA) is 81.3 Å². The van der Waals surface area contributed by atoms with Crippen molar-refractivity contribution >= 4 is 11.6 Å². The number of hydrogen-bond donors (Lipinski definition) is 1. The van der Waals surface area contributed by atoms with Crippen LogP contribution in [0.3, 0.4) is 0 Å². The summed E-state index contributed by atoms with van der Waals surface area (Å²) in [6.45, 7) is 1.02. The maximum absolute atomic E-state index is 14.1. The van der Waals surface area contributed by atoms with Crippen molar-refractivity contribution in [1.29, 1.82) is 0 Å². The molecular formula is C22H20F2N4O2. The van der Waals surface area contributed by atoms with Crippen LogP contribution in [0.4, 0.5) is 14.5 Å². The van der Waals surface area contributed by atoms with Crippen LogP contribution >= 0.6 is 0 Å². The average Bonchev–Trinajstić information content (AvgIpc) is 3.19. The van der Waals surface area contributed by atoms with Crippen LogP contribution in [0.5, 0.6) is 5.75 Å². The number of benzene rings is 1. The average molecular weight is 410 g/mol. The van der Waals surface area contributed by atoms with Crippen molar-refractivity contribution in [3.05, 3.63) is 72.2 Å². The predicted octanol–water partition coefficient (Wildman–Crippen LogP) is 3.23. The second-order valence-corrected chi connectivity index (χ2v) is 7.09. The fraction of sp³-hybridized carbons (Fsp3) is 0.227. The number of pyridine rings is 2. The van der Waals surface area contributed by atoms with E-state index in [0.29, 0.717) is 42.3 Å². The normalized spacial score (nSPS) is 15.9. The van der Waals surface area contributed by atoms with E-state index >= 15 is 0 Å². The number of rotatable bonds is 5. The van der Waals surface area contributed by atoms with E-state index in [-0.39, 0.29) is 24.0 Å². The third-order valence-corrected chi connectivity index (χ3v) is 4.97. The molecule has 2 N–H and O–H groups in total. The Bertz CT molecular complexity index is 1060. The van der Waals surface area contributed by atoms with Gasteiger partial charge < -0.3 is 15.4 Å². The van der Waals surface area contributed by atoms with E-state index in [1.54, 1.807) is 35.5 Å². The summed E-state index contributed by atoms with van der Waals surface area (Å²) in [6.07, 6.45) is 3.89. The fourth-order valence-electron chi connectivity index (χ4n) is 3.42. The SMILES string of the molecule is Nc1ccc(-c2ccc(F)cc2F)nc1CC(=O)N1CC[C@H](Oc2cccnc2)C1. The van der Waals surface area contributed by atoms with Crippen molar-refractivity contribution in [1.82, 2.24) is 14.9 Å². The Morgan fingerprint density at radius 2 is 2.10 bits per heavy atom. The van der Waals surface area contributed by atoms with Crippen LogP contribution in [0, 0.1) is 11.6 Å². The number of nitrogen functional groups attached to an aromatic ring is 1. The molecule has 0 unspecified atom stereocenters. The summed E-state index contributed by atoms with van der Waals surface area (Å²) in [4.78, 5) is 22.8. The van der Waals surface area contributed by atoms with Gasteiger partial charge in [-0.25, -0.2) is 8.78 Å². The molecule has 8 heteroatoms. The molecule has 1 fully saturated rings. The van der Waals surface area contributed by atoms with Crippen molar-refractivity contribution in [2.45, 2.75) is 18.9 Å². The number of carbonyl (C=O) groups excluding carboxylic acids is 1. The van der Waals surface area contributed by atoms with E-state index in [0.717, 1.165) is 12.1 Å². The van der Waals surface area contributed by atoms with Gasteiger partial charge in [-0.2, -0.15) is 0 Å². The number of nitrogens with zero attached hydrogens (tertiary/aromatic N) is 3. The van der Waals surface area contributed by atoms with Gasteiger partial charge in [0.2, 0.25) is 5.91 Å². The number of carbonyl (C=O) groups is 1. The van der Waals surface area contributed by atoms with Crippen LogP contribution in [0.15, 0.2) is 54.9 Å². The minimum Gasteiger partial charge on any atom is -0.487 e. The van der Waals surface area contributed by atoms with Crippen molar-refractivity contribution in [2.24, 2.45) is 0 Å². The molecule has 1 amide bonds. The van der Waals surface area contributed by atoms with Crippen molar-refractivity contribution in [3.63, 3.8) is 0 Å². The molecule has 6 nitrogen and oxygen atoms in total. The molecule has 30 heavy (non-hydrogen) atoms. The number of nitrogens with two attached hydrogens (primary N) is 1. The third-order valence-electron chi connectivity index (χ3n) is 4.97. The van der Waals surface area contributed by atoms with Crippen LogP contribution in [-0.4, -0.2) is 40.0 Å². The van der Waals surface area contributed by atoms with Gasteiger partial charge in [0, 0.05) is 30.8 Å². The molecule has 1 aliphatic rings. The second kappa shape index (κ2) is 8.44. The molecule has 1 aromatic carbocycles. The van der Waals surface area contributed by atoms with Gasteiger partial charge in [-0.15, -0.1) is 0 Å². The first-order chi connectivity index (χ1) is 14.5. The monoisotopic (exact) mass is 410 g/mol. The number of aromatic nitrogens is 2. The Hall–Kier alpha value is -3.55. The number of likely N-dealkylation sites (tertiary alicyclic amines) is 1. The van der Waals surface area contributed by atoms with E-state index in [2.05, 4.69) is 9.97 Å². The zero-order chi connectivity index (χ0) is 21.1.